The number of likely N-dealkylation sites (tertiary alicyclic amines) is 1. The average molecular weight is 281 g/mol. The lowest BCUT2D eigenvalue weighted by molar-refractivity contribution is -0.142. The number of carbonyl (C=O) groups excluding carboxylic acids is 1. The Balaban J connectivity index is 2.00. The van der Waals surface area contributed by atoms with Crippen molar-refractivity contribution < 1.29 is 14.7 Å². The summed E-state index contributed by atoms with van der Waals surface area (Å²) < 4.78 is 0. The van der Waals surface area contributed by atoms with Gasteiger partial charge < -0.3 is 10.0 Å². The third kappa shape index (κ3) is 3.74. The summed E-state index contributed by atoms with van der Waals surface area (Å²) in [5.74, 6) is -0.597. The first-order chi connectivity index (χ1) is 9.32. The van der Waals surface area contributed by atoms with Crippen LogP contribution in [0.1, 0.15) is 65.2 Å². The van der Waals surface area contributed by atoms with Crippen LogP contribution in [0.2, 0.25) is 0 Å². The molecule has 0 bridgehead atoms. The van der Waals surface area contributed by atoms with Gasteiger partial charge in [0.05, 0.1) is 6.42 Å². The Bertz CT molecular complexity index is 383. The van der Waals surface area contributed by atoms with Crippen LogP contribution in [0.25, 0.3) is 0 Å². The zero-order chi connectivity index (χ0) is 14.8. The summed E-state index contributed by atoms with van der Waals surface area (Å²) in [6.07, 6.45) is 6.70. The van der Waals surface area contributed by atoms with Crippen molar-refractivity contribution in [2.24, 2.45) is 10.8 Å². The van der Waals surface area contributed by atoms with Crippen LogP contribution in [0, 0.1) is 10.8 Å². The van der Waals surface area contributed by atoms with Crippen molar-refractivity contribution in [2.75, 3.05) is 13.1 Å². The quantitative estimate of drug-likeness (QED) is 0.861. The van der Waals surface area contributed by atoms with Crippen LogP contribution in [0.3, 0.4) is 0 Å². The van der Waals surface area contributed by atoms with Crippen molar-refractivity contribution in [3.05, 3.63) is 0 Å². The van der Waals surface area contributed by atoms with Crippen LogP contribution in [0.5, 0.6) is 0 Å². The number of carboxylic acid groups (broad SMARTS) is 1. The highest BCUT2D eigenvalue weighted by Crippen LogP contribution is 2.43. The number of hydrogen-bond donors (Lipinski definition) is 1. The van der Waals surface area contributed by atoms with Gasteiger partial charge in [-0.3, -0.25) is 9.59 Å². The minimum Gasteiger partial charge on any atom is -0.481 e. The van der Waals surface area contributed by atoms with E-state index >= 15 is 0 Å². The Morgan fingerprint density at radius 2 is 1.70 bits per heavy atom. The predicted octanol–water partition coefficient (Wildman–Crippen LogP) is 3.06. The number of carboxylic acids is 1. The Hall–Kier alpha value is -1.06. The predicted molar refractivity (Wildman–Crippen MR) is 77.4 cm³/mol. The molecule has 2 fully saturated rings. The molecule has 1 saturated carbocycles. The summed E-state index contributed by atoms with van der Waals surface area (Å²) in [6.45, 7) is 6.02. The Labute approximate surface area is 121 Å². The Kier molecular flexibility index (Phi) is 4.40. The minimum absolute atomic E-state index is 0.149. The van der Waals surface area contributed by atoms with Gasteiger partial charge in [-0.25, -0.2) is 0 Å². The molecule has 114 valence electrons. The van der Waals surface area contributed by atoms with Gasteiger partial charge >= 0.3 is 5.97 Å². The fourth-order valence-corrected chi connectivity index (χ4v) is 3.80. The summed E-state index contributed by atoms with van der Waals surface area (Å²) in [6, 6.07) is 0. The van der Waals surface area contributed by atoms with Gasteiger partial charge in [0.15, 0.2) is 0 Å². The molecule has 0 radical (unpaired) electrons. The lowest BCUT2D eigenvalue weighted by atomic mass is 9.69. The van der Waals surface area contributed by atoms with Crippen LogP contribution < -0.4 is 0 Å². The zero-order valence-electron chi connectivity index (χ0n) is 12.8. The molecule has 4 heteroatoms. The zero-order valence-corrected chi connectivity index (χ0v) is 12.8. The molecular formula is C16H27NO3. The second-order valence-electron chi connectivity index (χ2n) is 7.54. The van der Waals surface area contributed by atoms with E-state index in [-0.39, 0.29) is 23.2 Å². The molecule has 20 heavy (non-hydrogen) atoms. The van der Waals surface area contributed by atoms with Crippen LogP contribution in [0.4, 0.5) is 0 Å². The molecule has 2 rings (SSSR count). The van der Waals surface area contributed by atoms with Crippen molar-refractivity contribution in [3.8, 4) is 0 Å². The molecular weight excluding hydrogens is 254 g/mol. The van der Waals surface area contributed by atoms with E-state index in [1.807, 2.05) is 4.90 Å². The second kappa shape index (κ2) is 5.74. The molecule has 0 atom stereocenters. The van der Waals surface area contributed by atoms with Gasteiger partial charge in [0.25, 0.3) is 0 Å². The molecule has 0 spiro atoms. The topological polar surface area (TPSA) is 57.6 Å². The molecule has 2 aliphatic rings. The lowest BCUT2D eigenvalue weighted by Crippen LogP contribution is -2.37. The van der Waals surface area contributed by atoms with E-state index in [0.717, 1.165) is 45.2 Å². The van der Waals surface area contributed by atoms with Gasteiger partial charge in [0.1, 0.15) is 0 Å². The molecule has 4 nitrogen and oxygen atoms in total. The van der Waals surface area contributed by atoms with E-state index in [2.05, 4.69) is 13.8 Å². The third-order valence-electron chi connectivity index (χ3n) is 5.00. The lowest BCUT2D eigenvalue weighted by Gasteiger charge is -2.36. The normalized spacial score (nSPS) is 24.6. The van der Waals surface area contributed by atoms with Gasteiger partial charge in [-0.15, -0.1) is 0 Å². The third-order valence-corrected chi connectivity index (χ3v) is 5.00. The number of rotatable bonds is 4. The SMILES string of the molecule is CC1(C)CCN(C(=O)CC2(CC(=O)O)CCCCC2)C1. The first-order valence-corrected chi connectivity index (χ1v) is 7.82. The average Bonchev–Trinajstić information content (AvgIpc) is 2.69. The van der Waals surface area contributed by atoms with Crippen molar-refractivity contribution in [3.63, 3.8) is 0 Å². The smallest absolute Gasteiger partial charge is 0.303 e. The van der Waals surface area contributed by atoms with Gasteiger partial charge in [0.2, 0.25) is 5.91 Å². The molecule has 1 aliphatic carbocycles. The molecule has 0 aromatic heterocycles. The first kappa shape index (κ1) is 15.3. The Morgan fingerprint density at radius 3 is 2.20 bits per heavy atom. The van der Waals surface area contributed by atoms with Gasteiger partial charge in [0, 0.05) is 19.5 Å². The van der Waals surface area contributed by atoms with Gasteiger partial charge in [-0.2, -0.15) is 0 Å². The van der Waals surface area contributed by atoms with E-state index in [9.17, 15) is 9.59 Å². The molecule has 0 aromatic carbocycles. The van der Waals surface area contributed by atoms with Gasteiger partial charge in [-0.05, 0) is 30.1 Å². The largest absolute Gasteiger partial charge is 0.481 e. The maximum absolute atomic E-state index is 12.5. The van der Waals surface area contributed by atoms with Crippen LogP contribution in [0.15, 0.2) is 0 Å². The molecule has 1 N–H and O–H groups in total. The fourth-order valence-electron chi connectivity index (χ4n) is 3.80. The van der Waals surface area contributed by atoms with Crippen molar-refractivity contribution >= 4 is 11.9 Å². The summed E-state index contributed by atoms with van der Waals surface area (Å²) >= 11 is 0. The van der Waals surface area contributed by atoms with Crippen LogP contribution in [-0.2, 0) is 9.59 Å². The summed E-state index contributed by atoms with van der Waals surface area (Å²) in [7, 11) is 0. The van der Waals surface area contributed by atoms with Crippen molar-refractivity contribution in [2.45, 2.75) is 65.2 Å². The first-order valence-electron chi connectivity index (χ1n) is 7.82. The molecule has 1 aliphatic heterocycles. The summed E-state index contributed by atoms with van der Waals surface area (Å²) in [4.78, 5) is 25.6. The number of carbonyl (C=O) groups is 2. The molecule has 1 heterocycles. The highest BCUT2D eigenvalue weighted by molar-refractivity contribution is 5.78. The standard InChI is InChI=1S/C16H27NO3/c1-15(2)8-9-17(12-15)13(18)10-16(11-14(19)20)6-4-3-5-7-16/h3-12H2,1-2H3,(H,19,20). The van der Waals surface area contributed by atoms with E-state index in [1.165, 1.54) is 6.42 Å². The van der Waals surface area contributed by atoms with E-state index in [4.69, 9.17) is 5.11 Å². The second-order valence-corrected chi connectivity index (χ2v) is 7.54. The maximum Gasteiger partial charge on any atom is 0.303 e. The number of hydrogen-bond acceptors (Lipinski definition) is 2. The highest BCUT2D eigenvalue weighted by atomic mass is 16.4. The monoisotopic (exact) mass is 281 g/mol. The van der Waals surface area contributed by atoms with Crippen molar-refractivity contribution in [1.29, 1.82) is 0 Å². The van der Waals surface area contributed by atoms with E-state index in [1.54, 1.807) is 0 Å². The van der Waals surface area contributed by atoms with Crippen molar-refractivity contribution in [1.82, 2.24) is 4.90 Å². The molecule has 0 aromatic rings. The number of amides is 1. The Morgan fingerprint density at radius 1 is 1.05 bits per heavy atom. The summed E-state index contributed by atoms with van der Waals surface area (Å²) in [5, 5.41) is 9.17. The maximum atomic E-state index is 12.5. The fraction of sp³-hybridized carbons (Fsp3) is 0.875. The minimum atomic E-state index is -0.763. The summed E-state index contributed by atoms with van der Waals surface area (Å²) in [5.41, 5.74) is -0.0733. The van der Waals surface area contributed by atoms with E-state index < -0.39 is 5.97 Å². The van der Waals surface area contributed by atoms with Gasteiger partial charge in [-0.1, -0.05) is 33.1 Å². The molecule has 1 amide bonds. The molecule has 1 saturated heterocycles. The number of aliphatic carboxylic acids is 1. The van der Waals surface area contributed by atoms with E-state index in [0.29, 0.717) is 6.42 Å². The molecule has 0 unspecified atom stereocenters. The number of nitrogens with zero attached hydrogens (tertiary/aromatic N) is 1. The van der Waals surface area contributed by atoms with Crippen LogP contribution >= 0.6 is 0 Å². The van der Waals surface area contributed by atoms with Crippen LogP contribution in [-0.4, -0.2) is 35.0 Å². The highest BCUT2D eigenvalue weighted by Gasteiger charge is 2.39.